The van der Waals surface area contributed by atoms with Gasteiger partial charge in [-0.2, -0.15) is 0 Å². The molecule has 2 aliphatic carbocycles. The summed E-state index contributed by atoms with van der Waals surface area (Å²) in [5.41, 5.74) is -3.97. The van der Waals surface area contributed by atoms with E-state index in [2.05, 4.69) is 0 Å². The van der Waals surface area contributed by atoms with Crippen LogP contribution in [-0.2, 0) is 10.5 Å². The maximum absolute atomic E-state index is 13.6. The van der Waals surface area contributed by atoms with Crippen LogP contribution in [0, 0.1) is 5.41 Å². The van der Waals surface area contributed by atoms with Crippen molar-refractivity contribution in [1.29, 1.82) is 0 Å². The molecule has 0 unspecified atom stereocenters. The van der Waals surface area contributed by atoms with Crippen molar-refractivity contribution in [2.45, 2.75) is 38.0 Å². The van der Waals surface area contributed by atoms with Crippen molar-refractivity contribution in [2.75, 3.05) is 26.2 Å². The van der Waals surface area contributed by atoms with Crippen LogP contribution < -0.4 is 19.1 Å². The number of carbonyl (C=O) groups excluding carboxylic acids is 2. The van der Waals surface area contributed by atoms with Crippen molar-refractivity contribution < 1.29 is 34.0 Å². The van der Waals surface area contributed by atoms with Gasteiger partial charge in [-0.15, -0.1) is 0 Å². The Morgan fingerprint density at radius 2 is 1.53 bits per heavy atom. The molecule has 0 aromatic heterocycles. The summed E-state index contributed by atoms with van der Waals surface area (Å²) in [6, 6.07) is 9.77. The first-order valence-electron chi connectivity index (χ1n) is 11.0. The number of hydrogen-bond acceptors (Lipinski definition) is 8. The first-order valence-corrected chi connectivity index (χ1v) is 11.0. The molecule has 1 aliphatic heterocycles. The van der Waals surface area contributed by atoms with Gasteiger partial charge in [0.2, 0.25) is 22.9 Å². The van der Waals surface area contributed by atoms with E-state index in [0.29, 0.717) is 35.1 Å². The van der Waals surface area contributed by atoms with Crippen LogP contribution in [0.15, 0.2) is 47.7 Å². The third-order valence-corrected chi connectivity index (χ3v) is 7.10. The van der Waals surface area contributed by atoms with Gasteiger partial charge in [0.15, 0.2) is 17.3 Å². The molecule has 0 fully saturated rings. The van der Waals surface area contributed by atoms with Gasteiger partial charge in [0, 0.05) is 35.4 Å². The second kappa shape index (κ2) is 7.07. The van der Waals surface area contributed by atoms with E-state index in [0.717, 1.165) is 0 Å². The summed E-state index contributed by atoms with van der Waals surface area (Å²) in [7, 11) is 4.43. The highest BCUT2D eigenvalue weighted by atomic mass is 16.5. The highest BCUT2D eigenvalue weighted by molar-refractivity contribution is 6.19. The van der Waals surface area contributed by atoms with Gasteiger partial charge in [-0.05, 0) is 11.8 Å². The van der Waals surface area contributed by atoms with E-state index in [9.17, 15) is 19.8 Å². The molecular weight excluding hydrogens is 438 g/mol. The molecule has 0 bridgehead atoms. The molecule has 0 saturated carbocycles. The van der Waals surface area contributed by atoms with E-state index >= 15 is 0 Å². The third-order valence-electron chi connectivity index (χ3n) is 7.10. The summed E-state index contributed by atoms with van der Waals surface area (Å²) < 4.78 is 16.5. The quantitative estimate of drug-likeness (QED) is 0.710. The van der Waals surface area contributed by atoms with Crippen LogP contribution in [0.4, 0.5) is 5.69 Å². The molecule has 3 aliphatic rings. The summed E-state index contributed by atoms with van der Waals surface area (Å²) in [4.78, 5) is 28.5. The topological polar surface area (TPSA) is 106 Å². The third kappa shape index (κ3) is 2.55. The van der Waals surface area contributed by atoms with E-state index in [4.69, 9.17) is 14.2 Å². The van der Waals surface area contributed by atoms with Crippen molar-refractivity contribution in [2.24, 2.45) is 5.41 Å². The Morgan fingerprint density at radius 3 is 2.12 bits per heavy atom. The van der Waals surface area contributed by atoms with Crippen molar-refractivity contribution in [3.63, 3.8) is 0 Å². The fourth-order valence-corrected chi connectivity index (χ4v) is 5.73. The molecule has 2 N–H and O–H groups in total. The van der Waals surface area contributed by atoms with E-state index < -0.39 is 22.5 Å². The first kappa shape index (κ1) is 22.4. The molecule has 0 spiro atoms. The van der Waals surface area contributed by atoms with Gasteiger partial charge in [-0.1, -0.05) is 38.1 Å². The second-order valence-electron chi connectivity index (χ2n) is 9.74. The van der Waals surface area contributed by atoms with Crippen LogP contribution in [0.2, 0.25) is 0 Å². The molecule has 34 heavy (non-hydrogen) atoms. The van der Waals surface area contributed by atoms with Crippen LogP contribution in [-0.4, -0.2) is 48.7 Å². The summed E-state index contributed by atoms with van der Waals surface area (Å²) in [6.45, 7) is 3.89. The van der Waals surface area contributed by atoms with Gasteiger partial charge in [0.05, 0.1) is 32.6 Å². The number of fused-ring (bicyclic) bond motifs is 4. The zero-order valence-electron chi connectivity index (χ0n) is 19.8. The Balaban J connectivity index is 1.86. The van der Waals surface area contributed by atoms with Gasteiger partial charge in [-0.25, -0.2) is 0 Å². The maximum atomic E-state index is 13.6. The Bertz CT molecular complexity index is 1250. The van der Waals surface area contributed by atoms with Gasteiger partial charge >= 0.3 is 0 Å². The van der Waals surface area contributed by atoms with Crippen molar-refractivity contribution in [1.82, 2.24) is 0 Å². The molecule has 2 atom stereocenters. The average Bonchev–Trinajstić information content (AvgIpc) is 3.10. The molecule has 8 heteroatoms. The molecule has 0 saturated heterocycles. The highest BCUT2D eigenvalue weighted by Crippen LogP contribution is 2.62. The number of Topliss-reactive ketones (excluding diaryl/α,β-unsaturated/α-hetero) is 2. The number of allylic oxidation sites excluding steroid dienone is 1. The summed E-state index contributed by atoms with van der Waals surface area (Å²) in [6.07, 6.45) is 0.516. The minimum absolute atomic E-state index is 0.0516. The van der Waals surface area contributed by atoms with E-state index in [1.54, 1.807) is 36.4 Å². The van der Waals surface area contributed by atoms with Crippen LogP contribution in [0.25, 0.3) is 0 Å². The van der Waals surface area contributed by atoms with Crippen molar-refractivity contribution >= 4 is 17.3 Å². The number of ether oxygens (including phenoxy) is 3. The van der Waals surface area contributed by atoms with Crippen LogP contribution in [0.3, 0.4) is 0 Å². The monoisotopic (exact) mass is 465 g/mol. The van der Waals surface area contributed by atoms with Crippen LogP contribution in [0.5, 0.6) is 17.2 Å². The summed E-state index contributed by atoms with van der Waals surface area (Å²) in [5.74, 6) is -0.0363. The Kier molecular flexibility index (Phi) is 4.66. The summed E-state index contributed by atoms with van der Waals surface area (Å²) >= 11 is 0. The number of nitrogens with zero attached hydrogens (tertiary/aromatic N) is 1. The molecule has 0 radical (unpaired) electrons. The molecule has 2 aromatic carbocycles. The summed E-state index contributed by atoms with van der Waals surface area (Å²) in [5, 5.41) is 24.3. The highest BCUT2D eigenvalue weighted by Gasteiger charge is 2.74. The Labute approximate surface area is 197 Å². The van der Waals surface area contributed by atoms with Crippen molar-refractivity contribution in [3.05, 3.63) is 58.8 Å². The van der Waals surface area contributed by atoms with Gasteiger partial charge in [0.25, 0.3) is 0 Å². The zero-order valence-corrected chi connectivity index (χ0v) is 19.8. The Hall–Kier alpha value is -3.36. The fourth-order valence-electron chi connectivity index (χ4n) is 5.73. The zero-order chi connectivity index (χ0) is 24.6. The molecule has 2 aromatic rings. The lowest BCUT2D eigenvalue weighted by atomic mass is 9.72. The van der Waals surface area contributed by atoms with E-state index in [1.165, 1.54) is 26.2 Å². The van der Waals surface area contributed by atoms with Gasteiger partial charge < -0.3 is 29.3 Å². The van der Waals surface area contributed by atoms with Gasteiger partial charge in [-0.3, -0.25) is 9.59 Å². The number of anilines is 1. The van der Waals surface area contributed by atoms with E-state index in [1.807, 2.05) is 13.8 Å². The smallest absolute Gasteiger partial charge is 0.211 e. The molecular formula is C26H27NO7. The van der Waals surface area contributed by atoms with Crippen LogP contribution in [0.1, 0.15) is 42.6 Å². The lowest BCUT2D eigenvalue weighted by molar-refractivity contribution is -0.124. The largest absolute Gasteiger partial charge is 0.493 e. The maximum Gasteiger partial charge on any atom is 0.211 e. The van der Waals surface area contributed by atoms with Gasteiger partial charge in [0.1, 0.15) is 0 Å². The lowest BCUT2D eigenvalue weighted by Crippen LogP contribution is -2.58. The number of aliphatic hydroxyl groups is 2. The Morgan fingerprint density at radius 1 is 0.912 bits per heavy atom. The average molecular weight is 466 g/mol. The van der Waals surface area contributed by atoms with Crippen molar-refractivity contribution in [3.8, 4) is 17.2 Å². The molecule has 8 nitrogen and oxygen atoms in total. The standard InChI is InChI=1S/C26H27NO7/c1-24(2)12-17-21(18(28)13-24)25(30)23(29)15-8-6-7-9-16(15)26(25,31)27(17)14-10-19(32-3)22(34-5)20(11-14)33-4/h6-11,30-31H,12-13H2,1-5H3/t25-,26+/m0/s1. The first-order chi connectivity index (χ1) is 16.0. The second-order valence-corrected chi connectivity index (χ2v) is 9.74. The molecule has 5 rings (SSSR count). The molecule has 0 amide bonds. The predicted octanol–water partition coefficient (Wildman–Crippen LogP) is 2.95. The number of hydrogen-bond donors (Lipinski definition) is 2. The molecule has 1 heterocycles. The molecule has 178 valence electrons. The minimum atomic E-state index is -2.44. The number of ketones is 2. The number of carbonyl (C=O) groups is 2. The number of benzene rings is 2. The van der Waals surface area contributed by atoms with E-state index in [-0.39, 0.29) is 28.9 Å². The van der Waals surface area contributed by atoms with Crippen LogP contribution >= 0.6 is 0 Å². The normalized spacial score (nSPS) is 26.9. The SMILES string of the molecule is COc1cc(N2C3=C(C(=O)CC(C)(C)C3)[C@]3(O)C(=O)c4ccccc4[C@]23O)cc(OC)c1OC. The minimum Gasteiger partial charge on any atom is -0.493 e. The number of methoxy groups -OCH3 is 3. The fraction of sp³-hybridized carbons (Fsp3) is 0.385. The lowest BCUT2D eigenvalue weighted by Gasteiger charge is -2.41. The number of rotatable bonds is 4. The predicted molar refractivity (Wildman–Crippen MR) is 123 cm³/mol.